The van der Waals surface area contributed by atoms with Gasteiger partial charge in [0.1, 0.15) is 17.2 Å². The Morgan fingerprint density at radius 2 is 1.66 bits per heavy atom. The number of aromatic amines is 1. The maximum atomic E-state index is 13.5. The quantitative estimate of drug-likeness (QED) is 0.480. The Morgan fingerprint density at radius 1 is 0.938 bits per heavy atom. The van der Waals surface area contributed by atoms with Gasteiger partial charge < -0.3 is 14.4 Å². The molecule has 1 amide bonds. The van der Waals surface area contributed by atoms with E-state index in [1.165, 1.54) is 0 Å². The molecule has 6 heteroatoms. The lowest BCUT2D eigenvalue weighted by atomic mass is 9.95. The zero-order valence-corrected chi connectivity index (χ0v) is 17.9. The van der Waals surface area contributed by atoms with Crippen LogP contribution in [0.1, 0.15) is 33.2 Å². The molecule has 0 radical (unpaired) electrons. The van der Waals surface area contributed by atoms with E-state index in [9.17, 15) is 4.79 Å². The molecule has 3 aromatic carbocycles. The van der Waals surface area contributed by atoms with Crippen LogP contribution >= 0.6 is 0 Å². The third kappa shape index (κ3) is 3.30. The van der Waals surface area contributed by atoms with E-state index >= 15 is 0 Å². The summed E-state index contributed by atoms with van der Waals surface area (Å²) in [5.41, 5.74) is 5.04. The van der Waals surface area contributed by atoms with E-state index < -0.39 is 0 Å². The van der Waals surface area contributed by atoms with Crippen LogP contribution in [0.3, 0.4) is 0 Å². The van der Waals surface area contributed by atoms with Crippen LogP contribution in [0.5, 0.6) is 11.5 Å². The molecule has 5 rings (SSSR count). The summed E-state index contributed by atoms with van der Waals surface area (Å²) in [5, 5.41) is 7.53. The van der Waals surface area contributed by atoms with Crippen LogP contribution in [0, 0.1) is 0 Å². The summed E-state index contributed by atoms with van der Waals surface area (Å²) in [4.78, 5) is 15.4. The van der Waals surface area contributed by atoms with Crippen molar-refractivity contribution in [2.24, 2.45) is 0 Å². The molecule has 0 saturated carbocycles. The van der Waals surface area contributed by atoms with Gasteiger partial charge in [0.25, 0.3) is 5.91 Å². The van der Waals surface area contributed by atoms with Crippen molar-refractivity contribution in [3.8, 4) is 22.8 Å². The first kappa shape index (κ1) is 19.9. The van der Waals surface area contributed by atoms with E-state index in [4.69, 9.17) is 9.47 Å². The number of ether oxygens (including phenoxy) is 2. The zero-order chi connectivity index (χ0) is 22.1. The number of carbonyl (C=O) groups is 1. The Kier molecular flexibility index (Phi) is 5.11. The number of nitrogens with zero attached hydrogens (tertiary/aromatic N) is 2. The molecule has 6 nitrogen and oxygen atoms in total. The molecule has 0 fully saturated rings. The van der Waals surface area contributed by atoms with Gasteiger partial charge in [-0.3, -0.25) is 9.89 Å². The lowest BCUT2D eigenvalue weighted by Gasteiger charge is -2.28. The standard InChI is InChI=1S/C26H23N3O3/c1-31-19-13-14-20(21(15-19)32-2)25-22-23(18-11-7-4-8-12-18)27-28-24(22)26(30)29(25)16-17-9-5-3-6-10-17/h3-15,25H,16H2,1-2H3,(H,27,28). The molecule has 2 heterocycles. The van der Waals surface area contributed by atoms with Gasteiger partial charge in [0.15, 0.2) is 0 Å². The van der Waals surface area contributed by atoms with E-state index in [2.05, 4.69) is 10.2 Å². The molecule has 1 aliphatic rings. The Balaban J connectivity index is 1.69. The van der Waals surface area contributed by atoms with Crippen molar-refractivity contribution in [2.75, 3.05) is 14.2 Å². The number of fused-ring (bicyclic) bond motifs is 1. The molecule has 160 valence electrons. The minimum atomic E-state index is -0.354. The predicted octanol–water partition coefficient (Wildman–Crippen LogP) is 4.84. The number of benzene rings is 3. The van der Waals surface area contributed by atoms with Crippen LogP contribution in [-0.2, 0) is 6.54 Å². The van der Waals surface area contributed by atoms with Gasteiger partial charge in [0.05, 0.1) is 26.0 Å². The first-order valence-corrected chi connectivity index (χ1v) is 10.4. The van der Waals surface area contributed by atoms with Gasteiger partial charge in [-0.15, -0.1) is 0 Å². The summed E-state index contributed by atoms with van der Waals surface area (Å²) in [6.07, 6.45) is 0. The lowest BCUT2D eigenvalue weighted by molar-refractivity contribution is 0.0728. The number of nitrogens with one attached hydrogen (secondary N) is 1. The van der Waals surface area contributed by atoms with E-state index in [0.717, 1.165) is 27.9 Å². The Hall–Kier alpha value is -4.06. The average molecular weight is 425 g/mol. The van der Waals surface area contributed by atoms with E-state index in [0.29, 0.717) is 23.7 Å². The SMILES string of the molecule is COc1ccc(C2c3c(-c4ccccc4)n[nH]c3C(=O)N2Cc2ccccc2)c(OC)c1. The fraction of sp³-hybridized carbons (Fsp3) is 0.154. The molecule has 1 N–H and O–H groups in total. The second-order valence-electron chi connectivity index (χ2n) is 7.66. The maximum absolute atomic E-state index is 13.5. The highest BCUT2D eigenvalue weighted by Crippen LogP contribution is 2.46. The molecule has 1 aliphatic heterocycles. The molecule has 0 aliphatic carbocycles. The molecule has 4 aromatic rings. The number of carbonyl (C=O) groups excluding carboxylic acids is 1. The van der Waals surface area contributed by atoms with Crippen LogP contribution in [0.4, 0.5) is 0 Å². The molecule has 1 atom stereocenters. The fourth-order valence-electron chi connectivity index (χ4n) is 4.32. The highest BCUT2D eigenvalue weighted by atomic mass is 16.5. The molecule has 1 unspecified atom stereocenters. The van der Waals surface area contributed by atoms with Gasteiger partial charge >= 0.3 is 0 Å². The first-order chi connectivity index (χ1) is 15.7. The molecule has 32 heavy (non-hydrogen) atoms. The van der Waals surface area contributed by atoms with Gasteiger partial charge in [-0.25, -0.2) is 0 Å². The van der Waals surface area contributed by atoms with Crippen molar-refractivity contribution in [1.29, 1.82) is 0 Å². The molecule has 0 bridgehead atoms. The zero-order valence-electron chi connectivity index (χ0n) is 17.9. The average Bonchev–Trinajstić information content (AvgIpc) is 3.39. The van der Waals surface area contributed by atoms with Gasteiger partial charge in [0, 0.05) is 29.3 Å². The maximum Gasteiger partial charge on any atom is 0.273 e. The van der Waals surface area contributed by atoms with Crippen molar-refractivity contribution in [3.63, 3.8) is 0 Å². The summed E-state index contributed by atoms with van der Waals surface area (Å²) in [7, 11) is 3.25. The van der Waals surface area contributed by atoms with Crippen molar-refractivity contribution < 1.29 is 14.3 Å². The largest absolute Gasteiger partial charge is 0.497 e. The number of H-pyrrole nitrogens is 1. The normalized spacial score (nSPS) is 15.0. The van der Waals surface area contributed by atoms with E-state index in [1.807, 2.05) is 83.8 Å². The van der Waals surface area contributed by atoms with Gasteiger partial charge in [-0.1, -0.05) is 60.7 Å². The molecular formula is C26H23N3O3. The predicted molar refractivity (Wildman–Crippen MR) is 122 cm³/mol. The summed E-state index contributed by atoms with van der Waals surface area (Å²) in [5.74, 6) is 1.27. The minimum absolute atomic E-state index is 0.0820. The summed E-state index contributed by atoms with van der Waals surface area (Å²) >= 11 is 0. The summed E-state index contributed by atoms with van der Waals surface area (Å²) in [6.45, 7) is 0.469. The number of rotatable bonds is 6. The van der Waals surface area contributed by atoms with Crippen molar-refractivity contribution in [2.45, 2.75) is 12.6 Å². The van der Waals surface area contributed by atoms with Crippen LogP contribution in [0.2, 0.25) is 0 Å². The van der Waals surface area contributed by atoms with Gasteiger partial charge in [-0.2, -0.15) is 5.10 Å². The number of hydrogen-bond acceptors (Lipinski definition) is 4. The number of methoxy groups -OCH3 is 2. The third-order valence-electron chi connectivity index (χ3n) is 5.84. The fourth-order valence-corrected chi connectivity index (χ4v) is 4.32. The van der Waals surface area contributed by atoms with Crippen LogP contribution in [0.25, 0.3) is 11.3 Å². The Bertz CT molecular complexity index is 1250. The monoisotopic (exact) mass is 425 g/mol. The van der Waals surface area contributed by atoms with Crippen molar-refractivity contribution >= 4 is 5.91 Å². The Morgan fingerprint density at radius 3 is 2.34 bits per heavy atom. The van der Waals surface area contributed by atoms with Crippen LogP contribution in [-0.4, -0.2) is 35.2 Å². The molecule has 1 aromatic heterocycles. The highest BCUT2D eigenvalue weighted by molar-refractivity contribution is 6.00. The van der Waals surface area contributed by atoms with Crippen LogP contribution in [0.15, 0.2) is 78.9 Å². The summed E-state index contributed by atoms with van der Waals surface area (Å²) < 4.78 is 11.1. The minimum Gasteiger partial charge on any atom is -0.497 e. The molecular weight excluding hydrogens is 402 g/mol. The van der Waals surface area contributed by atoms with Gasteiger partial charge in [0.2, 0.25) is 0 Å². The highest BCUT2D eigenvalue weighted by Gasteiger charge is 2.43. The smallest absolute Gasteiger partial charge is 0.273 e. The lowest BCUT2D eigenvalue weighted by Crippen LogP contribution is -2.29. The number of hydrogen-bond donors (Lipinski definition) is 1. The number of aromatic nitrogens is 2. The van der Waals surface area contributed by atoms with Gasteiger partial charge in [-0.05, 0) is 17.7 Å². The summed E-state index contributed by atoms with van der Waals surface area (Å²) in [6, 6.07) is 25.2. The third-order valence-corrected chi connectivity index (χ3v) is 5.84. The van der Waals surface area contributed by atoms with E-state index in [-0.39, 0.29) is 11.9 Å². The topological polar surface area (TPSA) is 67.5 Å². The second-order valence-corrected chi connectivity index (χ2v) is 7.66. The second kappa shape index (κ2) is 8.23. The first-order valence-electron chi connectivity index (χ1n) is 10.4. The molecule has 0 spiro atoms. The molecule has 0 saturated heterocycles. The van der Waals surface area contributed by atoms with E-state index in [1.54, 1.807) is 14.2 Å². The van der Waals surface area contributed by atoms with Crippen LogP contribution < -0.4 is 9.47 Å². The van der Waals surface area contributed by atoms with Crippen molar-refractivity contribution in [3.05, 3.63) is 101 Å². The Labute approximate surface area is 186 Å². The number of amides is 1. The van der Waals surface area contributed by atoms with Crippen molar-refractivity contribution in [1.82, 2.24) is 15.1 Å².